The van der Waals surface area contributed by atoms with Crippen molar-refractivity contribution in [2.24, 2.45) is 0 Å². The highest BCUT2D eigenvalue weighted by atomic mass is 15.2. The van der Waals surface area contributed by atoms with Crippen molar-refractivity contribution in [3.8, 4) is 0 Å². The summed E-state index contributed by atoms with van der Waals surface area (Å²) in [5.74, 6) is 1.76. The molecule has 2 aromatic rings. The lowest BCUT2D eigenvalue weighted by Gasteiger charge is -2.33. The van der Waals surface area contributed by atoms with Crippen molar-refractivity contribution in [3.63, 3.8) is 0 Å². The Kier molecular flexibility index (Phi) is 4.46. The summed E-state index contributed by atoms with van der Waals surface area (Å²) in [5, 5.41) is 3.54. The van der Waals surface area contributed by atoms with E-state index in [-0.39, 0.29) is 0 Å². The van der Waals surface area contributed by atoms with Crippen molar-refractivity contribution >= 4 is 5.82 Å². The Morgan fingerprint density at radius 1 is 1.24 bits per heavy atom. The highest BCUT2D eigenvalue weighted by Crippen LogP contribution is 2.16. The maximum absolute atomic E-state index is 4.44. The van der Waals surface area contributed by atoms with Crippen LogP contribution in [-0.4, -0.2) is 34.0 Å². The summed E-state index contributed by atoms with van der Waals surface area (Å²) in [5.41, 5.74) is 1.39. The van der Waals surface area contributed by atoms with E-state index in [2.05, 4.69) is 50.5 Å². The number of hydrogen-bond acceptors (Lipinski definition) is 4. The highest BCUT2D eigenvalue weighted by Gasteiger charge is 2.20. The standard InChI is InChI=1S/C17H22N4/c1-14-18-10-9-17(19-14)20-16-8-5-11-21(13-16)12-15-6-3-2-4-7-15/h2-4,6-7,9-10,16H,5,8,11-13H2,1H3,(H,18,19,20). The van der Waals surface area contributed by atoms with Crippen LogP contribution in [0.2, 0.25) is 0 Å². The number of rotatable bonds is 4. The second-order valence-corrected chi connectivity index (χ2v) is 5.69. The summed E-state index contributed by atoms with van der Waals surface area (Å²) in [6.45, 7) is 5.20. The van der Waals surface area contributed by atoms with Gasteiger partial charge < -0.3 is 5.32 Å². The van der Waals surface area contributed by atoms with Crippen LogP contribution in [0.25, 0.3) is 0 Å². The van der Waals surface area contributed by atoms with Crippen molar-refractivity contribution in [1.82, 2.24) is 14.9 Å². The van der Waals surface area contributed by atoms with E-state index in [9.17, 15) is 0 Å². The van der Waals surface area contributed by atoms with E-state index in [1.165, 1.54) is 24.9 Å². The molecule has 0 amide bonds. The Balaban J connectivity index is 1.58. The molecule has 1 atom stereocenters. The van der Waals surface area contributed by atoms with Crippen molar-refractivity contribution in [2.75, 3.05) is 18.4 Å². The number of anilines is 1. The van der Waals surface area contributed by atoms with E-state index in [1.54, 1.807) is 0 Å². The van der Waals surface area contributed by atoms with Crippen molar-refractivity contribution in [1.29, 1.82) is 0 Å². The van der Waals surface area contributed by atoms with Gasteiger partial charge in [0.2, 0.25) is 0 Å². The average Bonchev–Trinajstić information content (AvgIpc) is 2.49. The van der Waals surface area contributed by atoms with Crippen LogP contribution in [0, 0.1) is 6.92 Å². The minimum absolute atomic E-state index is 0.469. The normalized spacial score (nSPS) is 19.4. The fourth-order valence-electron chi connectivity index (χ4n) is 2.90. The van der Waals surface area contributed by atoms with Crippen molar-refractivity contribution < 1.29 is 0 Å². The van der Waals surface area contributed by atoms with Gasteiger partial charge in [-0.05, 0) is 37.9 Å². The second-order valence-electron chi connectivity index (χ2n) is 5.69. The third-order valence-corrected chi connectivity index (χ3v) is 3.88. The molecule has 4 nitrogen and oxygen atoms in total. The molecule has 1 fully saturated rings. The van der Waals surface area contributed by atoms with E-state index in [4.69, 9.17) is 0 Å². The van der Waals surface area contributed by atoms with E-state index in [1.807, 2.05) is 19.2 Å². The minimum Gasteiger partial charge on any atom is -0.366 e. The molecule has 0 bridgehead atoms. The summed E-state index contributed by atoms with van der Waals surface area (Å²) in [7, 11) is 0. The number of piperidine rings is 1. The minimum atomic E-state index is 0.469. The number of nitrogens with one attached hydrogen (secondary N) is 1. The van der Waals surface area contributed by atoms with Gasteiger partial charge >= 0.3 is 0 Å². The molecular weight excluding hydrogens is 260 g/mol. The molecule has 0 spiro atoms. The first-order chi connectivity index (χ1) is 10.3. The van der Waals surface area contributed by atoms with E-state index >= 15 is 0 Å². The van der Waals surface area contributed by atoms with Gasteiger partial charge in [0, 0.05) is 25.3 Å². The maximum Gasteiger partial charge on any atom is 0.129 e. The van der Waals surface area contributed by atoms with Crippen LogP contribution in [-0.2, 0) is 6.54 Å². The largest absolute Gasteiger partial charge is 0.366 e. The zero-order chi connectivity index (χ0) is 14.5. The predicted octanol–water partition coefficient (Wildman–Crippen LogP) is 2.86. The molecule has 21 heavy (non-hydrogen) atoms. The number of nitrogens with zero attached hydrogens (tertiary/aromatic N) is 3. The molecule has 1 N–H and O–H groups in total. The van der Waals surface area contributed by atoms with Crippen LogP contribution in [0.4, 0.5) is 5.82 Å². The third-order valence-electron chi connectivity index (χ3n) is 3.88. The maximum atomic E-state index is 4.44. The van der Waals surface area contributed by atoms with Gasteiger partial charge in [0.15, 0.2) is 0 Å². The number of hydrogen-bond donors (Lipinski definition) is 1. The quantitative estimate of drug-likeness (QED) is 0.936. The molecular formula is C17H22N4. The summed E-state index contributed by atoms with van der Waals surface area (Å²) < 4.78 is 0. The molecule has 4 heteroatoms. The summed E-state index contributed by atoms with van der Waals surface area (Å²) in [6, 6.07) is 13.1. The first-order valence-corrected chi connectivity index (χ1v) is 7.62. The van der Waals surface area contributed by atoms with Gasteiger partial charge in [0.1, 0.15) is 11.6 Å². The van der Waals surface area contributed by atoms with Crippen molar-refractivity contribution in [3.05, 3.63) is 54.0 Å². The molecule has 2 heterocycles. The first-order valence-electron chi connectivity index (χ1n) is 7.62. The third kappa shape index (κ3) is 4.02. The molecule has 1 aromatic carbocycles. The molecule has 1 saturated heterocycles. The van der Waals surface area contributed by atoms with Crippen LogP contribution in [0.5, 0.6) is 0 Å². The van der Waals surface area contributed by atoms with Crippen LogP contribution in [0.1, 0.15) is 24.2 Å². The molecule has 0 aliphatic carbocycles. The molecule has 1 aliphatic heterocycles. The SMILES string of the molecule is Cc1nccc(NC2CCCN(Cc3ccccc3)C2)n1. The lowest BCUT2D eigenvalue weighted by Crippen LogP contribution is -2.41. The zero-order valence-corrected chi connectivity index (χ0v) is 12.5. The smallest absolute Gasteiger partial charge is 0.129 e. The van der Waals surface area contributed by atoms with E-state index in [0.717, 1.165) is 24.7 Å². The fraction of sp³-hybridized carbons (Fsp3) is 0.412. The van der Waals surface area contributed by atoms with Gasteiger partial charge in [-0.1, -0.05) is 30.3 Å². The zero-order valence-electron chi connectivity index (χ0n) is 12.5. The average molecular weight is 282 g/mol. The Morgan fingerprint density at radius 3 is 2.90 bits per heavy atom. The highest BCUT2D eigenvalue weighted by molar-refractivity contribution is 5.34. The Bertz CT molecular complexity index is 570. The van der Waals surface area contributed by atoms with Gasteiger partial charge in [0.05, 0.1) is 0 Å². The Labute approximate surface area is 126 Å². The summed E-state index contributed by atoms with van der Waals surface area (Å²) >= 11 is 0. The molecule has 1 unspecified atom stereocenters. The lowest BCUT2D eigenvalue weighted by atomic mass is 10.0. The van der Waals surface area contributed by atoms with E-state index < -0.39 is 0 Å². The van der Waals surface area contributed by atoms with Gasteiger partial charge in [0.25, 0.3) is 0 Å². The number of likely N-dealkylation sites (tertiary alicyclic amines) is 1. The summed E-state index contributed by atoms with van der Waals surface area (Å²) in [4.78, 5) is 11.1. The van der Waals surface area contributed by atoms with Crippen LogP contribution < -0.4 is 5.32 Å². The Morgan fingerprint density at radius 2 is 2.10 bits per heavy atom. The molecule has 110 valence electrons. The fourth-order valence-corrected chi connectivity index (χ4v) is 2.90. The van der Waals surface area contributed by atoms with Crippen molar-refractivity contribution in [2.45, 2.75) is 32.4 Å². The van der Waals surface area contributed by atoms with Gasteiger partial charge in [-0.15, -0.1) is 0 Å². The first kappa shape index (κ1) is 14.0. The van der Waals surface area contributed by atoms with Crippen LogP contribution in [0.15, 0.2) is 42.6 Å². The van der Waals surface area contributed by atoms with Crippen LogP contribution >= 0.6 is 0 Å². The van der Waals surface area contributed by atoms with Crippen LogP contribution in [0.3, 0.4) is 0 Å². The second kappa shape index (κ2) is 6.68. The summed E-state index contributed by atoms with van der Waals surface area (Å²) in [6.07, 6.45) is 4.25. The predicted molar refractivity (Wildman–Crippen MR) is 85.1 cm³/mol. The molecule has 0 radical (unpaired) electrons. The van der Waals surface area contributed by atoms with Gasteiger partial charge in [-0.3, -0.25) is 4.90 Å². The molecule has 3 rings (SSSR count). The number of aryl methyl sites for hydroxylation is 1. The number of aromatic nitrogens is 2. The Hall–Kier alpha value is -1.94. The number of benzene rings is 1. The van der Waals surface area contributed by atoms with Gasteiger partial charge in [-0.25, -0.2) is 9.97 Å². The molecule has 0 saturated carbocycles. The lowest BCUT2D eigenvalue weighted by molar-refractivity contribution is 0.208. The molecule has 1 aromatic heterocycles. The molecule has 1 aliphatic rings. The topological polar surface area (TPSA) is 41.1 Å². The van der Waals surface area contributed by atoms with E-state index in [0.29, 0.717) is 6.04 Å². The van der Waals surface area contributed by atoms with Gasteiger partial charge in [-0.2, -0.15) is 0 Å². The monoisotopic (exact) mass is 282 g/mol.